The van der Waals surface area contributed by atoms with E-state index in [0.717, 1.165) is 36.6 Å². The van der Waals surface area contributed by atoms with Crippen LogP contribution in [-0.4, -0.2) is 49.3 Å². The van der Waals surface area contributed by atoms with Crippen molar-refractivity contribution >= 4 is 5.97 Å². The van der Waals surface area contributed by atoms with E-state index in [2.05, 4.69) is 0 Å². The number of carboxylic acids is 1. The summed E-state index contributed by atoms with van der Waals surface area (Å²) < 4.78 is 10.6. The van der Waals surface area contributed by atoms with E-state index >= 15 is 0 Å². The Morgan fingerprint density at radius 3 is 2.40 bits per heavy atom. The van der Waals surface area contributed by atoms with Gasteiger partial charge in [0.15, 0.2) is 0 Å². The van der Waals surface area contributed by atoms with Crippen molar-refractivity contribution in [1.82, 2.24) is 4.90 Å². The number of hydrogen-bond acceptors (Lipinski definition) is 4. The van der Waals surface area contributed by atoms with Gasteiger partial charge in [0, 0.05) is 12.6 Å². The molecule has 1 fully saturated rings. The predicted molar refractivity (Wildman–Crippen MR) is 75.6 cm³/mol. The van der Waals surface area contributed by atoms with Crippen LogP contribution in [0.2, 0.25) is 0 Å². The molecule has 5 heteroatoms. The molecular weight excluding hydrogens is 258 g/mol. The summed E-state index contributed by atoms with van der Waals surface area (Å²) in [6.45, 7) is 3.29. The van der Waals surface area contributed by atoms with Crippen LogP contribution in [0.5, 0.6) is 11.5 Å². The summed E-state index contributed by atoms with van der Waals surface area (Å²) in [5.74, 6) is 1.09. The summed E-state index contributed by atoms with van der Waals surface area (Å²) in [4.78, 5) is 13.0. The van der Waals surface area contributed by atoms with Crippen LogP contribution in [0.25, 0.3) is 0 Å². The lowest BCUT2D eigenvalue weighted by Gasteiger charge is -2.20. The number of benzene rings is 1. The molecule has 1 heterocycles. The first kappa shape index (κ1) is 14.7. The molecule has 1 aromatic rings. The van der Waals surface area contributed by atoms with Gasteiger partial charge in [-0.3, -0.25) is 9.69 Å². The average molecular weight is 279 g/mol. The number of ether oxygens (including phenoxy) is 2. The number of carboxylic acid groups (broad SMARTS) is 1. The Labute approximate surface area is 119 Å². The van der Waals surface area contributed by atoms with E-state index in [9.17, 15) is 4.79 Å². The second-order valence-corrected chi connectivity index (χ2v) is 5.14. The molecule has 2 rings (SSSR count). The van der Waals surface area contributed by atoms with E-state index in [1.54, 1.807) is 21.1 Å². The van der Waals surface area contributed by atoms with E-state index in [-0.39, 0.29) is 0 Å². The topological polar surface area (TPSA) is 59.0 Å². The van der Waals surface area contributed by atoms with E-state index < -0.39 is 12.0 Å². The molecule has 1 aromatic carbocycles. The number of nitrogens with zero attached hydrogens (tertiary/aromatic N) is 1. The number of hydrogen-bond donors (Lipinski definition) is 1. The number of methoxy groups -OCH3 is 2. The minimum atomic E-state index is -0.770. The van der Waals surface area contributed by atoms with Crippen LogP contribution in [0.4, 0.5) is 0 Å². The Bertz CT molecular complexity index is 467. The minimum absolute atomic E-state index is 0.320. The highest BCUT2D eigenvalue weighted by molar-refractivity contribution is 5.72. The zero-order valence-electron chi connectivity index (χ0n) is 12.1. The third-order valence-corrected chi connectivity index (χ3v) is 3.97. The zero-order chi connectivity index (χ0) is 14.7. The molecular formula is C15H21NO4. The van der Waals surface area contributed by atoms with Crippen molar-refractivity contribution in [1.29, 1.82) is 0 Å². The molecule has 1 saturated heterocycles. The fraction of sp³-hybridized carbons (Fsp3) is 0.533. The van der Waals surface area contributed by atoms with Crippen LogP contribution >= 0.6 is 0 Å². The molecule has 0 aromatic heterocycles. The number of rotatable bonds is 5. The first-order valence-electron chi connectivity index (χ1n) is 6.75. The molecule has 1 aliphatic heterocycles. The van der Waals surface area contributed by atoms with Crippen molar-refractivity contribution in [2.75, 3.05) is 27.3 Å². The molecule has 2 atom stereocenters. The first-order chi connectivity index (χ1) is 9.55. The van der Waals surface area contributed by atoms with Crippen LogP contribution in [0.3, 0.4) is 0 Å². The Kier molecular flexibility index (Phi) is 4.49. The van der Waals surface area contributed by atoms with E-state index in [1.165, 1.54) is 0 Å². The second kappa shape index (κ2) is 6.13. The van der Waals surface area contributed by atoms with Gasteiger partial charge in [-0.15, -0.1) is 0 Å². The third kappa shape index (κ3) is 3.04. The fourth-order valence-electron chi connectivity index (χ4n) is 2.63. The maximum absolute atomic E-state index is 11.0. The average Bonchev–Trinajstić information content (AvgIpc) is 2.95. The van der Waals surface area contributed by atoms with Crippen LogP contribution in [0, 0.1) is 0 Å². The van der Waals surface area contributed by atoms with Gasteiger partial charge in [-0.05, 0) is 43.5 Å². The van der Waals surface area contributed by atoms with Crippen molar-refractivity contribution < 1.29 is 19.4 Å². The van der Waals surface area contributed by atoms with Gasteiger partial charge in [0.05, 0.1) is 14.2 Å². The van der Waals surface area contributed by atoms with Crippen LogP contribution in [-0.2, 0) is 4.79 Å². The lowest BCUT2D eigenvalue weighted by atomic mass is 9.98. The number of aliphatic carboxylic acids is 1. The second-order valence-electron chi connectivity index (χ2n) is 5.14. The normalized spacial score (nSPS) is 20.6. The Morgan fingerprint density at radius 1 is 1.30 bits per heavy atom. The highest BCUT2D eigenvalue weighted by atomic mass is 16.5. The van der Waals surface area contributed by atoms with Gasteiger partial charge in [-0.25, -0.2) is 0 Å². The SMILES string of the molecule is COc1cc(OC)cc([C@@H]2CCN([C@H](C)C(=O)O)C2)c1. The van der Waals surface area contributed by atoms with Crippen molar-refractivity contribution in [2.24, 2.45) is 0 Å². The van der Waals surface area contributed by atoms with Gasteiger partial charge in [0.25, 0.3) is 0 Å². The van der Waals surface area contributed by atoms with E-state index in [4.69, 9.17) is 14.6 Å². The molecule has 0 unspecified atom stereocenters. The predicted octanol–water partition coefficient (Wildman–Crippen LogP) is 1.97. The highest BCUT2D eigenvalue weighted by Gasteiger charge is 2.30. The Morgan fingerprint density at radius 2 is 1.90 bits per heavy atom. The summed E-state index contributed by atoms with van der Waals surface area (Å²) in [5.41, 5.74) is 1.14. The smallest absolute Gasteiger partial charge is 0.320 e. The molecule has 0 spiro atoms. The van der Waals surface area contributed by atoms with Gasteiger partial charge < -0.3 is 14.6 Å². The van der Waals surface area contributed by atoms with Crippen molar-refractivity contribution in [3.05, 3.63) is 23.8 Å². The maximum atomic E-state index is 11.0. The number of carbonyl (C=O) groups is 1. The van der Waals surface area contributed by atoms with Gasteiger partial charge in [-0.1, -0.05) is 0 Å². The Balaban J connectivity index is 2.15. The van der Waals surface area contributed by atoms with Gasteiger partial charge in [-0.2, -0.15) is 0 Å². The molecule has 0 aliphatic carbocycles. The third-order valence-electron chi connectivity index (χ3n) is 3.97. The largest absolute Gasteiger partial charge is 0.497 e. The lowest BCUT2D eigenvalue weighted by molar-refractivity contribution is -0.142. The summed E-state index contributed by atoms with van der Waals surface area (Å²) >= 11 is 0. The lowest BCUT2D eigenvalue weighted by Crippen LogP contribution is -2.37. The van der Waals surface area contributed by atoms with Crippen LogP contribution in [0.1, 0.15) is 24.8 Å². The number of likely N-dealkylation sites (tertiary alicyclic amines) is 1. The molecule has 110 valence electrons. The van der Waals surface area contributed by atoms with Crippen molar-refractivity contribution in [3.8, 4) is 11.5 Å². The quantitative estimate of drug-likeness (QED) is 0.893. The summed E-state index contributed by atoms with van der Waals surface area (Å²) in [5, 5.41) is 9.08. The fourth-order valence-corrected chi connectivity index (χ4v) is 2.63. The molecule has 5 nitrogen and oxygen atoms in total. The van der Waals surface area contributed by atoms with Gasteiger partial charge >= 0.3 is 5.97 Å². The summed E-state index contributed by atoms with van der Waals surface area (Å²) in [7, 11) is 3.26. The van der Waals surface area contributed by atoms with Crippen LogP contribution in [0.15, 0.2) is 18.2 Å². The monoisotopic (exact) mass is 279 g/mol. The van der Waals surface area contributed by atoms with E-state index in [0.29, 0.717) is 5.92 Å². The minimum Gasteiger partial charge on any atom is -0.497 e. The Hall–Kier alpha value is -1.75. The molecule has 0 bridgehead atoms. The molecule has 0 radical (unpaired) electrons. The maximum Gasteiger partial charge on any atom is 0.320 e. The highest BCUT2D eigenvalue weighted by Crippen LogP contribution is 2.33. The van der Waals surface area contributed by atoms with Crippen molar-refractivity contribution in [3.63, 3.8) is 0 Å². The van der Waals surface area contributed by atoms with Gasteiger partial charge in [0.1, 0.15) is 17.5 Å². The van der Waals surface area contributed by atoms with E-state index in [1.807, 2.05) is 23.1 Å². The zero-order valence-corrected chi connectivity index (χ0v) is 12.1. The van der Waals surface area contributed by atoms with Gasteiger partial charge in [0.2, 0.25) is 0 Å². The summed E-state index contributed by atoms with van der Waals surface area (Å²) in [6.07, 6.45) is 0.952. The standard InChI is InChI=1S/C15H21NO4/c1-10(15(17)18)16-5-4-11(9-16)12-6-13(19-2)8-14(7-12)20-3/h6-8,10-11H,4-5,9H2,1-3H3,(H,17,18)/t10-,11-/m1/s1. The van der Waals surface area contributed by atoms with Crippen molar-refractivity contribution in [2.45, 2.75) is 25.3 Å². The summed E-state index contributed by atoms with van der Waals surface area (Å²) in [6, 6.07) is 5.41. The molecule has 20 heavy (non-hydrogen) atoms. The molecule has 0 amide bonds. The first-order valence-corrected chi connectivity index (χ1v) is 6.75. The molecule has 0 saturated carbocycles. The molecule has 1 N–H and O–H groups in total. The molecule has 1 aliphatic rings. The van der Waals surface area contributed by atoms with Crippen LogP contribution < -0.4 is 9.47 Å².